The molecular weight excluding hydrogens is 266 g/mol. The summed E-state index contributed by atoms with van der Waals surface area (Å²) < 4.78 is 1.18. The van der Waals surface area contributed by atoms with Crippen molar-refractivity contribution < 1.29 is 5.11 Å². The minimum Gasteiger partial charge on any atom is -0.395 e. The van der Waals surface area contributed by atoms with Gasteiger partial charge in [-0.1, -0.05) is 28.1 Å². The molecule has 2 rings (SSSR count). The lowest BCUT2D eigenvalue weighted by atomic mass is 10.1. The maximum Gasteiger partial charge on any atom is 0.0587 e. The summed E-state index contributed by atoms with van der Waals surface area (Å²) >= 11 is 3.61. The second kappa shape index (κ2) is 5.30. The van der Waals surface area contributed by atoms with E-state index >= 15 is 0 Å². The average molecular weight is 284 g/mol. The number of hydrogen-bond acceptors (Lipinski definition) is 2. The van der Waals surface area contributed by atoms with Crippen molar-refractivity contribution in [3.05, 3.63) is 33.8 Å². The quantitative estimate of drug-likeness (QED) is 0.922. The van der Waals surface area contributed by atoms with Gasteiger partial charge in [-0.3, -0.25) is 4.90 Å². The van der Waals surface area contributed by atoms with Crippen LogP contribution in [0.1, 0.15) is 24.0 Å². The molecule has 88 valence electrons. The fourth-order valence-electron chi connectivity index (χ4n) is 2.31. The van der Waals surface area contributed by atoms with Crippen LogP contribution in [-0.2, 0) is 6.54 Å². The fraction of sp³-hybridized carbons (Fsp3) is 0.538. The molecule has 0 aliphatic carbocycles. The van der Waals surface area contributed by atoms with Crippen molar-refractivity contribution in [1.29, 1.82) is 0 Å². The van der Waals surface area contributed by atoms with Gasteiger partial charge in [0.05, 0.1) is 6.61 Å². The topological polar surface area (TPSA) is 23.5 Å². The van der Waals surface area contributed by atoms with E-state index in [1.165, 1.54) is 22.0 Å². The van der Waals surface area contributed by atoms with Crippen LogP contribution >= 0.6 is 15.9 Å². The van der Waals surface area contributed by atoms with Crippen LogP contribution in [0.25, 0.3) is 0 Å². The molecule has 1 unspecified atom stereocenters. The normalized spacial score (nSPS) is 21.6. The Morgan fingerprint density at radius 1 is 1.50 bits per heavy atom. The van der Waals surface area contributed by atoms with E-state index < -0.39 is 0 Å². The highest BCUT2D eigenvalue weighted by Crippen LogP contribution is 2.24. The maximum atomic E-state index is 9.27. The molecule has 1 heterocycles. The van der Waals surface area contributed by atoms with Gasteiger partial charge in [0.25, 0.3) is 0 Å². The van der Waals surface area contributed by atoms with Gasteiger partial charge in [-0.2, -0.15) is 0 Å². The number of aliphatic hydroxyl groups excluding tert-OH is 1. The Bertz CT molecular complexity index is 367. The lowest BCUT2D eigenvalue weighted by Crippen LogP contribution is -2.31. The van der Waals surface area contributed by atoms with Crippen molar-refractivity contribution >= 4 is 15.9 Å². The van der Waals surface area contributed by atoms with E-state index in [-0.39, 0.29) is 6.61 Å². The number of hydrogen-bond donors (Lipinski definition) is 1. The third-order valence-electron chi connectivity index (χ3n) is 3.29. The monoisotopic (exact) mass is 283 g/mol. The van der Waals surface area contributed by atoms with E-state index in [1.54, 1.807) is 0 Å². The molecule has 1 fully saturated rings. The Balaban J connectivity index is 2.08. The molecule has 0 spiro atoms. The molecule has 1 saturated heterocycles. The lowest BCUT2D eigenvalue weighted by molar-refractivity contribution is 0.153. The molecule has 16 heavy (non-hydrogen) atoms. The minimum absolute atomic E-state index is 0.281. The molecule has 0 radical (unpaired) electrons. The summed E-state index contributed by atoms with van der Waals surface area (Å²) in [6.45, 7) is 4.42. The summed E-state index contributed by atoms with van der Waals surface area (Å²) in [5.74, 6) is 0. The minimum atomic E-state index is 0.281. The van der Waals surface area contributed by atoms with Crippen LogP contribution in [0, 0.1) is 6.92 Å². The first-order chi connectivity index (χ1) is 7.70. The first-order valence-electron chi connectivity index (χ1n) is 5.80. The zero-order chi connectivity index (χ0) is 11.5. The largest absolute Gasteiger partial charge is 0.395 e. The van der Waals surface area contributed by atoms with E-state index in [2.05, 4.69) is 46.0 Å². The summed E-state index contributed by atoms with van der Waals surface area (Å²) in [5, 5.41) is 9.27. The Morgan fingerprint density at radius 2 is 2.31 bits per heavy atom. The van der Waals surface area contributed by atoms with E-state index in [9.17, 15) is 5.11 Å². The standard InChI is InChI=1S/C13H18BrNO/c1-10-4-5-11(13(14)7-10)8-15-6-2-3-12(15)9-16/h4-5,7,12,16H,2-3,6,8-9H2,1H3. The van der Waals surface area contributed by atoms with Crippen molar-refractivity contribution in [2.75, 3.05) is 13.2 Å². The van der Waals surface area contributed by atoms with E-state index in [1.807, 2.05) is 0 Å². The van der Waals surface area contributed by atoms with Gasteiger partial charge in [0.1, 0.15) is 0 Å². The van der Waals surface area contributed by atoms with Crippen LogP contribution in [0.3, 0.4) is 0 Å². The fourth-order valence-corrected chi connectivity index (χ4v) is 2.93. The predicted octanol–water partition coefficient (Wildman–Crippen LogP) is 2.71. The highest BCUT2D eigenvalue weighted by atomic mass is 79.9. The molecule has 1 aliphatic rings. The van der Waals surface area contributed by atoms with Crippen molar-refractivity contribution in [2.45, 2.75) is 32.4 Å². The zero-order valence-corrected chi connectivity index (χ0v) is 11.2. The molecule has 1 N–H and O–H groups in total. The second-order valence-corrected chi connectivity index (χ2v) is 5.40. The van der Waals surface area contributed by atoms with Gasteiger partial charge in [0.15, 0.2) is 0 Å². The summed E-state index contributed by atoms with van der Waals surface area (Å²) in [5.41, 5.74) is 2.58. The molecule has 1 aromatic carbocycles. The number of nitrogens with zero attached hydrogens (tertiary/aromatic N) is 1. The second-order valence-electron chi connectivity index (χ2n) is 4.54. The highest BCUT2D eigenvalue weighted by Gasteiger charge is 2.23. The first kappa shape index (κ1) is 12.1. The Morgan fingerprint density at radius 3 is 3.00 bits per heavy atom. The van der Waals surface area contributed by atoms with Gasteiger partial charge in [-0.15, -0.1) is 0 Å². The van der Waals surface area contributed by atoms with Gasteiger partial charge < -0.3 is 5.11 Å². The van der Waals surface area contributed by atoms with Crippen molar-refractivity contribution in [1.82, 2.24) is 4.90 Å². The smallest absolute Gasteiger partial charge is 0.0587 e. The molecule has 3 heteroatoms. The molecule has 0 aromatic heterocycles. The first-order valence-corrected chi connectivity index (χ1v) is 6.60. The summed E-state index contributed by atoms with van der Waals surface area (Å²) in [4.78, 5) is 2.37. The van der Waals surface area contributed by atoms with Gasteiger partial charge in [0, 0.05) is 17.1 Å². The van der Waals surface area contributed by atoms with E-state index in [4.69, 9.17) is 0 Å². The Kier molecular flexibility index (Phi) is 4.00. The molecule has 0 bridgehead atoms. The zero-order valence-electron chi connectivity index (χ0n) is 9.62. The molecule has 1 atom stereocenters. The number of rotatable bonds is 3. The van der Waals surface area contributed by atoms with Gasteiger partial charge in [0.2, 0.25) is 0 Å². The van der Waals surface area contributed by atoms with E-state index in [0.717, 1.165) is 19.5 Å². The van der Waals surface area contributed by atoms with Crippen LogP contribution in [0.15, 0.2) is 22.7 Å². The number of aryl methyl sites for hydroxylation is 1. The summed E-state index contributed by atoms with van der Waals surface area (Å²) in [6.07, 6.45) is 2.33. The predicted molar refractivity (Wildman–Crippen MR) is 69.4 cm³/mol. The SMILES string of the molecule is Cc1ccc(CN2CCCC2CO)c(Br)c1. The lowest BCUT2D eigenvalue weighted by Gasteiger charge is -2.23. The Labute approximate surface area is 105 Å². The van der Waals surface area contributed by atoms with Crippen LogP contribution in [0.5, 0.6) is 0 Å². The van der Waals surface area contributed by atoms with Gasteiger partial charge >= 0.3 is 0 Å². The molecule has 1 aromatic rings. The van der Waals surface area contributed by atoms with Gasteiger partial charge in [-0.25, -0.2) is 0 Å². The average Bonchev–Trinajstić information content (AvgIpc) is 2.69. The van der Waals surface area contributed by atoms with Crippen LogP contribution in [0.2, 0.25) is 0 Å². The van der Waals surface area contributed by atoms with Crippen LogP contribution < -0.4 is 0 Å². The van der Waals surface area contributed by atoms with Crippen molar-refractivity contribution in [3.8, 4) is 0 Å². The van der Waals surface area contributed by atoms with Crippen LogP contribution in [-0.4, -0.2) is 29.2 Å². The number of aliphatic hydroxyl groups is 1. The third-order valence-corrected chi connectivity index (χ3v) is 4.03. The maximum absolute atomic E-state index is 9.27. The number of benzene rings is 1. The molecular formula is C13H18BrNO. The third kappa shape index (κ3) is 2.65. The van der Waals surface area contributed by atoms with Crippen molar-refractivity contribution in [2.24, 2.45) is 0 Å². The van der Waals surface area contributed by atoms with Crippen LogP contribution in [0.4, 0.5) is 0 Å². The number of halogens is 1. The molecule has 1 aliphatic heterocycles. The highest BCUT2D eigenvalue weighted by molar-refractivity contribution is 9.10. The van der Waals surface area contributed by atoms with E-state index in [0.29, 0.717) is 6.04 Å². The molecule has 0 saturated carbocycles. The molecule has 0 amide bonds. The summed E-state index contributed by atoms with van der Waals surface area (Å²) in [6, 6.07) is 6.82. The van der Waals surface area contributed by atoms with Crippen molar-refractivity contribution in [3.63, 3.8) is 0 Å². The Hall–Kier alpha value is -0.380. The molecule has 2 nitrogen and oxygen atoms in total. The summed E-state index contributed by atoms with van der Waals surface area (Å²) in [7, 11) is 0. The number of likely N-dealkylation sites (tertiary alicyclic amines) is 1. The van der Waals surface area contributed by atoms with Gasteiger partial charge in [-0.05, 0) is 43.5 Å².